The van der Waals surface area contributed by atoms with Gasteiger partial charge in [-0.25, -0.2) is 5.10 Å². The van der Waals surface area contributed by atoms with Crippen LogP contribution in [-0.4, -0.2) is 23.5 Å². The highest BCUT2D eigenvalue weighted by Crippen LogP contribution is 2.15. The average Bonchev–Trinajstić information content (AvgIpc) is 2.44. The summed E-state index contributed by atoms with van der Waals surface area (Å²) in [5, 5.41) is 10.0. The van der Waals surface area contributed by atoms with Crippen LogP contribution in [0.25, 0.3) is 0 Å². The Morgan fingerprint density at radius 2 is 2.16 bits per heavy atom. The van der Waals surface area contributed by atoms with Crippen molar-refractivity contribution in [1.82, 2.24) is 10.2 Å². The van der Waals surface area contributed by atoms with E-state index in [1.54, 1.807) is 13.3 Å². The molecule has 0 aliphatic carbocycles. The second-order valence-corrected chi connectivity index (χ2v) is 4.36. The molecule has 2 rings (SSSR count). The van der Waals surface area contributed by atoms with Gasteiger partial charge >= 0.3 is 0 Å². The van der Waals surface area contributed by atoms with E-state index >= 15 is 0 Å². The van der Waals surface area contributed by atoms with E-state index in [4.69, 9.17) is 4.74 Å². The maximum absolute atomic E-state index is 11.3. The van der Waals surface area contributed by atoms with Crippen molar-refractivity contribution in [3.8, 4) is 5.75 Å². The third kappa shape index (κ3) is 3.41. The Morgan fingerprint density at radius 1 is 1.42 bits per heavy atom. The van der Waals surface area contributed by atoms with Crippen molar-refractivity contribution in [2.45, 2.75) is 0 Å². The van der Waals surface area contributed by atoms with Gasteiger partial charge in [-0.3, -0.25) is 10.2 Å². The smallest absolute Gasteiger partial charge is 0.280 e. The predicted octanol–water partition coefficient (Wildman–Crippen LogP) is 1.99. The van der Waals surface area contributed by atoms with Crippen LogP contribution in [-0.2, 0) is 0 Å². The lowest BCUT2D eigenvalue weighted by Gasteiger charge is -2.01. The molecule has 2 N–H and O–H groups in total. The third-order valence-corrected chi connectivity index (χ3v) is 3.10. The summed E-state index contributed by atoms with van der Waals surface area (Å²) in [5.74, 6) is 0.784. The van der Waals surface area contributed by atoms with Gasteiger partial charge in [0.1, 0.15) is 10.2 Å². The van der Waals surface area contributed by atoms with Gasteiger partial charge in [0.25, 0.3) is 5.56 Å². The molecule has 0 spiro atoms. The van der Waals surface area contributed by atoms with E-state index in [0.717, 1.165) is 11.3 Å². The third-order valence-electron chi connectivity index (χ3n) is 2.31. The predicted molar refractivity (Wildman–Crippen MR) is 76.8 cm³/mol. The van der Waals surface area contributed by atoms with Crippen LogP contribution in [0.1, 0.15) is 5.56 Å². The van der Waals surface area contributed by atoms with Crippen LogP contribution in [0.2, 0.25) is 0 Å². The summed E-state index contributed by atoms with van der Waals surface area (Å²) in [6.45, 7) is 0. The fourth-order valence-electron chi connectivity index (χ4n) is 1.33. The number of methoxy groups -OCH3 is 1. The van der Waals surface area contributed by atoms with E-state index in [1.807, 2.05) is 24.3 Å². The van der Waals surface area contributed by atoms with Gasteiger partial charge < -0.3 is 4.74 Å². The summed E-state index contributed by atoms with van der Waals surface area (Å²) in [7, 11) is 1.61. The Hall–Kier alpha value is -2.15. The number of halogens is 1. The number of ether oxygens (including phenoxy) is 1. The minimum Gasteiger partial charge on any atom is -0.497 e. The normalized spacial score (nSPS) is 10.6. The lowest BCUT2D eigenvalue weighted by molar-refractivity contribution is 0.415. The van der Waals surface area contributed by atoms with Crippen molar-refractivity contribution in [3.05, 3.63) is 50.9 Å². The van der Waals surface area contributed by atoms with Gasteiger partial charge in [-0.1, -0.05) is 0 Å². The van der Waals surface area contributed by atoms with Crippen LogP contribution >= 0.6 is 15.9 Å². The molecular formula is C12H11BrN4O2. The standard InChI is InChI=1S/C12H11BrN4O2/c1-19-9-4-2-8(3-5-9)6-14-16-10-7-15-17-12(18)11(10)13/h2-7H,1H3,(H2,16,17,18). The molecular weight excluding hydrogens is 312 g/mol. The maximum atomic E-state index is 11.3. The van der Waals surface area contributed by atoms with Gasteiger partial charge in [0.2, 0.25) is 0 Å². The molecule has 0 amide bonds. The molecule has 0 saturated carbocycles. The Labute approximate surface area is 117 Å². The highest BCUT2D eigenvalue weighted by Gasteiger charge is 2.02. The molecule has 0 radical (unpaired) electrons. The lowest BCUT2D eigenvalue weighted by Crippen LogP contribution is -2.10. The first-order chi connectivity index (χ1) is 9.20. The SMILES string of the molecule is COc1ccc(C=NNc2cn[nH]c(=O)c2Br)cc1. The number of benzene rings is 1. The molecule has 0 aliphatic heterocycles. The van der Waals surface area contributed by atoms with E-state index in [9.17, 15) is 4.79 Å². The first-order valence-corrected chi connectivity index (χ1v) is 6.16. The molecule has 0 saturated heterocycles. The molecule has 1 aromatic carbocycles. The van der Waals surface area contributed by atoms with Crippen molar-refractivity contribution in [2.24, 2.45) is 5.10 Å². The van der Waals surface area contributed by atoms with Crippen LogP contribution in [0, 0.1) is 0 Å². The molecule has 0 atom stereocenters. The van der Waals surface area contributed by atoms with Gasteiger partial charge in [-0.05, 0) is 45.8 Å². The van der Waals surface area contributed by atoms with Crippen molar-refractivity contribution < 1.29 is 4.74 Å². The first-order valence-electron chi connectivity index (χ1n) is 5.37. The van der Waals surface area contributed by atoms with Gasteiger partial charge in [0, 0.05) is 0 Å². The number of aromatic nitrogens is 2. The lowest BCUT2D eigenvalue weighted by atomic mass is 10.2. The van der Waals surface area contributed by atoms with E-state index in [1.165, 1.54) is 6.20 Å². The van der Waals surface area contributed by atoms with Crippen LogP contribution in [0.4, 0.5) is 5.69 Å². The van der Waals surface area contributed by atoms with Crippen molar-refractivity contribution in [1.29, 1.82) is 0 Å². The largest absolute Gasteiger partial charge is 0.497 e. The molecule has 6 nitrogen and oxygen atoms in total. The zero-order chi connectivity index (χ0) is 13.7. The highest BCUT2D eigenvalue weighted by atomic mass is 79.9. The van der Waals surface area contributed by atoms with Crippen molar-refractivity contribution in [2.75, 3.05) is 12.5 Å². The molecule has 1 aromatic heterocycles. The highest BCUT2D eigenvalue weighted by molar-refractivity contribution is 9.10. The second-order valence-electron chi connectivity index (χ2n) is 3.57. The number of nitrogens with zero attached hydrogens (tertiary/aromatic N) is 2. The molecule has 0 fully saturated rings. The van der Waals surface area contributed by atoms with Crippen LogP contribution < -0.4 is 15.7 Å². The van der Waals surface area contributed by atoms with E-state index in [0.29, 0.717) is 10.2 Å². The van der Waals surface area contributed by atoms with Gasteiger partial charge in [0.05, 0.1) is 25.2 Å². The van der Waals surface area contributed by atoms with E-state index < -0.39 is 0 Å². The van der Waals surface area contributed by atoms with E-state index in [2.05, 4.69) is 36.7 Å². The number of anilines is 1. The molecule has 0 unspecified atom stereocenters. The molecule has 0 aliphatic rings. The van der Waals surface area contributed by atoms with Crippen molar-refractivity contribution in [3.63, 3.8) is 0 Å². The summed E-state index contributed by atoms with van der Waals surface area (Å²) in [5.41, 5.74) is 3.82. The molecule has 98 valence electrons. The van der Waals surface area contributed by atoms with Crippen molar-refractivity contribution >= 4 is 27.8 Å². The Morgan fingerprint density at radius 3 is 2.84 bits per heavy atom. The Kier molecular flexibility index (Phi) is 4.30. The zero-order valence-corrected chi connectivity index (χ0v) is 11.6. The Bertz CT molecular complexity index is 637. The number of H-pyrrole nitrogens is 1. The molecule has 7 heteroatoms. The summed E-state index contributed by atoms with van der Waals surface area (Å²) in [6, 6.07) is 7.42. The number of hydrogen-bond acceptors (Lipinski definition) is 5. The van der Waals surface area contributed by atoms with Gasteiger partial charge in [-0.15, -0.1) is 0 Å². The number of aromatic amines is 1. The van der Waals surface area contributed by atoms with Gasteiger partial charge in [-0.2, -0.15) is 10.2 Å². The monoisotopic (exact) mass is 322 g/mol. The minimum absolute atomic E-state index is 0.315. The number of rotatable bonds is 4. The fraction of sp³-hybridized carbons (Fsp3) is 0.0833. The molecule has 0 bridgehead atoms. The molecule has 2 aromatic rings. The van der Waals surface area contributed by atoms with Crippen LogP contribution in [0.3, 0.4) is 0 Å². The first kappa shape index (κ1) is 13.3. The number of hydrazone groups is 1. The van der Waals surface area contributed by atoms with Crippen LogP contribution in [0.5, 0.6) is 5.75 Å². The summed E-state index contributed by atoms with van der Waals surface area (Å²) < 4.78 is 5.41. The average molecular weight is 323 g/mol. The van der Waals surface area contributed by atoms with E-state index in [-0.39, 0.29) is 5.56 Å². The quantitative estimate of drug-likeness (QED) is 0.666. The second kappa shape index (κ2) is 6.14. The Balaban J connectivity index is 2.07. The summed E-state index contributed by atoms with van der Waals surface area (Å²) in [6.07, 6.45) is 3.10. The van der Waals surface area contributed by atoms with Gasteiger partial charge in [0.15, 0.2) is 0 Å². The molecule has 1 heterocycles. The summed E-state index contributed by atoms with van der Waals surface area (Å²) >= 11 is 3.15. The summed E-state index contributed by atoms with van der Waals surface area (Å²) in [4.78, 5) is 11.3. The maximum Gasteiger partial charge on any atom is 0.280 e. The number of nitrogens with one attached hydrogen (secondary N) is 2. The molecule has 19 heavy (non-hydrogen) atoms. The topological polar surface area (TPSA) is 79.4 Å². The minimum atomic E-state index is -0.315. The fourth-order valence-corrected chi connectivity index (χ4v) is 1.61. The zero-order valence-electron chi connectivity index (χ0n) is 10.1. The van der Waals surface area contributed by atoms with Crippen LogP contribution in [0.15, 0.2) is 44.8 Å². The number of hydrogen-bond donors (Lipinski definition) is 2.